The van der Waals surface area contributed by atoms with Gasteiger partial charge in [-0.1, -0.05) is 97.1 Å². The molecule has 0 spiro atoms. The van der Waals surface area contributed by atoms with Crippen molar-refractivity contribution in [1.29, 1.82) is 0 Å². The number of aromatic nitrogens is 1. The second-order valence-electron chi connectivity index (χ2n) is 16.1. The number of nitrogens with zero attached hydrogens (tertiary/aromatic N) is 4. The van der Waals surface area contributed by atoms with E-state index in [9.17, 15) is 13.0 Å². The Hall–Kier alpha value is -7.37. The minimum Gasteiger partial charge on any atom is -0.355 e. The molecule has 0 saturated carbocycles. The molecule has 322 valence electrons. The van der Waals surface area contributed by atoms with Crippen LogP contribution in [-0.4, -0.2) is 61.3 Å². The first kappa shape index (κ1) is 42.9. The molecule has 0 bridgehead atoms. The summed E-state index contributed by atoms with van der Waals surface area (Å²) < 4.78 is 38.6. The summed E-state index contributed by atoms with van der Waals surface area (Å²) in [5.41, 5.74) is 16.3. The van der Waals surface area contributed by atoms with E-state index in [4.69, 9.17) is 4.99 Å². The van der Waals surface area contributed by atoms with Gasteiger partial charge in [0.2, 0.25) is 0 Å². The third-order valence-corrected chi connectivity index (χ3v) is 13.3. The summed E-state index contributed by atoms with van der Waals surface area (Å²) in [7, 11) is 3.86. The Morgan fingerprint density at radius 2 is 1.32 bits per heavy atom. The summed E-state index contributed by atoms with van der Waals surface area (Å²) in [5.74, 6) is 0. The van der Waals surface area contributed by atoms with Crippen molar-refractivity contribution in [1.82, 2.24) is 4.57 Å². The number of anilines is 3. The molecular formula is C55H48N5O3S2+. The minimum absolute atomic E-state index is 0.186. The summed E-state index contributed by atoms with van der Waals surface area (Å²) in [6.45, 7) is 0.471. The standard InChI is InChI=1S/C55H47N5O3S2/c1-58(2)46-30-22-38(23-31-46)52(43-34-35-64-36-43)39-24-32-47(33-25-39)59(3)37-56-44-26-18-40(19-27-44)53(41-20-28-45(29-21-41)57-49-15-9-11-17-51(49)65(61,62)63)54-48-14-8-10-16-50(48)60(4)55(54)42-12-6-5-7-13-42/h5-36,57H,37H2,1-4H3/p+1. The lowest BCUT2D eigenvalue weighted by Crippen LogP contribution is -2.18. The maximum atomic E-state index is 12.1. The van der Waals surface area contributed by atoms with E-state index in [1.54, 1.807) is 29.5 Å². The van der Waals surface area contributed by atoms with Gasteiger partial charge in [0.25, 0.3) is 10.1 Å². The Kier molecular flexibility index (Phi) is 12.1. The second kappa shape index (κ2) is 18.4. The monoisotopic (exact) mass is 890 g/mol. The van der Waals surface area contributed by atoms with Crippen LogP contribution in [0.15, 0.2) is 214 Å². The summed E-state index contributed by atoms with van der Waals surface area (Å²) in [5, 5.41) is 8.64. The van der Waals surface area contributed by atoms with Gasteiger partial charge in [0.05, 0.1) is 17.1 Å². The number of hydrogen-bond acceptors (Lipinski definition) is 6. The van der Waals surface area contributed by atoms with Gasteiger partial charge in [-0.25, -0.2) is 4.58 Å². The quantitative estimate of drug-likeness (QED) is 0.0997. The average molecular weight is 891 g/mol. The zero-order valence-electron chi connectivity index (χ0n) is 36.6. The van der Waals surface area contributed by atoms with E-state index in [1.165, 1.54) is 28.5 Å². The van der Waals surface area contributed by atoms with Crippen LogP contribution in [0.1, 0.15) is 22.3 Å². The second-order valence-corrected chi connectivity index (χ2v) is 18.3. The van der Waals surface area contributed by atoms with Gasteiger partial charge in [-0.05, 0) is 128 Å². The normalized spacial score (nSPS) is 13.4. The lowest BCUT2D eigenvalue weighted by Gasteiger charge is -2.19. The Morgan fingerprint density at radius 3 is 2.00 bits per heavy atom. The van der Waals surface area contributed by atoms with Crippen LogP contribution >= 0.6 is 11.3 Å². The molecule has 0 aliphatic heterocycles. The molecule has 9 rings (SSSR count). The Balaban J connectivity index is 1.04. The average Bonchev–Trinajstić information content (AvgIpc) is 3.96. The SMILES string of the molecule is CN(CN=C1C=CC(=C(c2ccc(Nc3ccccc3S(=O)(=O)O)cc2)c2c(-c3ccccc3)n(C)c3ccccc23)C=C1)c1ccc(C(=C2C=CC(=[N+](C)C)C=C2)c2ccsc2)cc1. The predicted octanol–water partition coefficient (Wildman–Crippen LogP) is 12.0. The van der Waals surface area contributed by atoms with Crippen molar-refractivity contribution in [3.63, 3.8) is 0 Å². The number of para-hydroxylation sites is 2. The Bertz CT molecular complexity index is 3250. The maximum Gasteiger partial charge on any atom is 0.296 e. The van der Waals surface area contributed by atoms with E-state index >= 15 is 0 Å². The van der Waals surface area contributed by atoms with Crippen LogP contribution in [-0.2, 0) is 17.2 Å². The highest BCUT2D eigenvalue weighted by Crippen LogP contribution is 2.43. The molecule has 0 radical (unpaired) electrons. The van der Waals surface area contributed by atoms with Crippen LogP contribution in [0.4, 0.5) is 17.1 Å². The molecule has 5 aromatic carbocycles. The number of fused-ring (bicyclic) bond motifs is 1. The van der Waals surface area contributed by atoms with Crippen molar-refractivity contribution in [2.75, 3.05) is 38.0 Å². The van der Waals surface area contributed by atoms with Gasteiger partial charge < -0.3 is 14.8 Å². The van der Waals surface area contributed by atoms with Crippen LogP contribution in [0.5, 0.6) is 0 Å². The van der Waals surface area contributed by atoms with E-state index in [1.807, 2.05) is 30.3 Å². The molecule has 10 heteroatoms. The third kappa shape index (κ3) is 9.05. The van der Waals surface area contributed by atoms with Crippen LogP contribution < -0.4 is 10.2 Å². The maximum absolute atomic E-state index is 12.1. The minimum atomic E-state index is -4.43. The Labute approximate surface area is 384 Å². The first-order valence-electron chi connectivity index (χ1n) is 21.2. The van der Waals surface area contributed by atoms with Gasteiger partial charge in [0, 0.05) is 54.1 Å². The molecule has 0 atom stereocenters. The molecule has 2 aliphatic rings. The molecule has 2 N–H and O–H groups in total. The van der Waals surface area contributed by atoms with E-state index in [-0.39, 0.29) is 10.6 Å². The number of aryl methyl sites for hydroxylation is 1. The summed E-state index contributed by atoms with van der Waals surface area (Å²) in [4.78, 5) is 6.99. The van der Waals surface area contributed by atoms with Gasteiger partial charge in [-0.3, -0.25) is 9.55 Å². The number of nitrogens with one attached hydrogen (secondary N) is 1. The van der Waals surface area contributed by atoms with E-state index in [2.05, 4.69) is 186 Å². The molecule has 65 heavy (non-hydrogen) atoms. The summed E-state index contributed by atoms with van der Waals surface area (Å²) in [6, 6.07) is 44.1. The highest BCUT2D eigenvalue weighted by atomic mass is 32.2. The number of hydrogen-bond donors (Lipinski definition) is 2. The van der Waals surface area contributed by atoms with Crippen molar-refractivity contribution in [3.8, 4) is 11.3 Å². The lowest BCUT2D eigenvalue weighted by atomic mass is 9.87. The Morgan fingerprint density at radius 1 is 0.708 bits per heavy atom. The fourth-order valence-corrected chi connectivity index (χ4v) is 9.72. The van der Waals surface area contributed by atoms with E-state index in [0.29, 0.717) is 12.4 Å². The number of thiophene rings is 1. The molecular weight excluding hydrogens is 843 g/mol. The van der Waals surface area contributed by atoms with Gasteiger partial charge in [-0.2, -0.15) is 19.8 Å². The lowest BCUT2D eigenvalue weighted by molar-refractivity contribution is -0.462. The van der Waals surface area contributed by atoms with E-state index in [0.717, 1.165) is 61.4 Å². The largest absolute Gasteiger partial charge is 0.355 e. The summed E-state index contributed by atoms with van der Waals surface area (Å²) >= 11 is 1.70. The number of rotatable bonds is 11. The van der Waals surface area contributed by atoms with Crippen molar-refractivity contribution in [2.24, 2.45) is 12.0 Å². The van der Waals surface area contributed by atoms with Crippen molar-refractivity contribution in [3.05, 3.63) is 226 Å². The molecule has 8 nitrogen and oxygen atoms in total. The van der Waals surface area contributed by atoms with Crippen molar-refractivity contribution < 1.29 is 17.5 Å². The predicted molar refractivity (Wildman–Crippen MR) is 272 cm³/mol. The molecule has 2 aliphatic carbocycles. The first-order valence-corrected chi connectivity index (χ1v) is 23.6. The highest BCUT2D eigenvalue weighted by molar-refractivity contribution is 7.86. The molecule has 2 heterocycles. The van der Waals surface area contributed by atoms with Gasteiger partial charge in [-0.15, -0.1) is 0 Å². The molecule has 2 aromatic heterocycles. The molecule has 0 fully saturated rings. The number of aliphatic imine (C=N–C) groups is 1. The van der Waals surface area contributed by atoms with Crippen molar-refractivity contribution in [2.45, 2.75) is 4.90 Å². The van der Waals surface area contributed by atoms with Crippen LogP contribution in [0, 0.1) is 0 Å². The van der Waals surface area contributed by atoms with Crippen LogP contribution in [0.3, 0.4) is 0 Å². The number of benzene rings is 5. The fraction of sp³-hybridized carbons (Fsp3) is 0.0909. The first-order chi connectivity index (χ1) is 31.5. The van der Waals surface area contributed by atoms with Gasteiger partial charge >= 0.3 is 0 Å². The molecule has 0 unspecified atom stereocenters. The fourth-order valence-electron chi connectivity index (χ4n) is 8.42. The van der Waals surface area contributed by atoms with E-state index < -0.39 is 10.1 Å². The van der Waals surface area contributed by atoms with Crippen LogP contribution in [0.25, 0.3) is 33.3 Å². The van der Waals surface area contributed by atoms with Crippen LogP contribution in [0.2, 0.25) is 0 Å². The topological polar surface area (TPSA) is 89.9 Å². The van der Waals surface area contributed by atoms with Gasteiger partial charge in [0.15, 0.2) is 5.71 Å². The van der Waals surface area contributed by atoms with Gasteiger partial charge in [0.1, 0.15) is 25.7 Å². The summed E-state index contributed by atoms with van der Waals surface area (Å²) in [6.07, 6.45) is 17.2. The number of allylic oxidation sites excluding steroid dienone is 10. The zero-order valence-corrected chi connectivity index (χ0v) is 38.2. The molecule has 0 amide bonds. The highest BCUT2D eigenvalue weighted by Gasteiger charge is 2.24. The molecule has 7 aromatic rings. The smallest absolute Gasteiger partial charge is 0.296 e. The molecule has 0 saturated heterocycles. The third-order valence-electron chi connectivity index (χ3n) is 11.7. The zero-order chi connectivity index (χ0) is 45.1. The van der Waals surface area contributed by atoms with Crippen molar-refractivity contribution >= 4 is 72.0 Å².